The predicted octanol–water partition coefficient (Wildman–Crippen LogP) is -1.80. The highest BCUT2D eigenvalue weighted by Gasteiger charge is 2.21. The lowest BCUT2D eigenvalue weighted by Gasteiger charge is -2.18. The van der Waals surface area contributed by atoms with Gasteiger partial charge in [0.25, 0.3) is 0 Å². The Hall–Kier alpha value is -3.95. The van der Waals surface area contributed by atoms with Gasteiger partial charge < -0.3 is 67.8 Å². The number of ether oxygens (including phenoxy) is 4. The van der Waals surface area contributed by atoms with Crippen molar-refractivity contribution in [1.29, 1.82) is 0 Å². The Labute approximate surface area is 336 Å². The SMILES string of the molecule is C[C@@H](CCCCNC(=O)COCC(O)OCCNC(=O)COCCOCCNC(=O)CCCC(=O)NCCCC[C@H](C)C(=O)N[C@@H](CCCCN)C(N)=O)C(N)=O. The van der Waals surface area contributed by atoms with Crippen molar-refractivity contribution in [1.82, 2.24) is 26.6 Å². The summed E-state index contributed by atoms with van der Waals surface area (Å²) in [5, 5.41) is 23.3. The van der Waals surface area contributed by atoms with E-state index in [-0.39, 0.29) is 119 Å². The second-order valence-electron chi connectivity index (χ2n) is 13.7. The molecule has 330 valence electrons. The molecule has 57 heavy (non-hydrogen) atoms. The standard InChI is InChI=1S/C37H70N8O12/c1-27(35(39)51)10-4-7-17-42-33(49)25-56-26-34(50)57-21-19-44-32(48)24-55-23-22-54-20-18-43-31(47)14-9-13-30(46)41-16-8-5-11-28(2)37(53)45-29(36(40)52)12-3-6-15-38/h27-29,34,50H,3-26,38H2,1-2H3,(H2,39,51)(H2,40,52)(H,41,46)(H,42,49)(H,43,47)(H,44,48)(H,45,53)/t27-,28-,29-,34?/m0/s1. The summed E-state index contributed by atoms with van der Waals surface area (Å²) in [5.74, 6) is -2.71. The molecule has 0 heterocycles. The molecule has 0 aromatic carbocycles. The van der Waals surface area contributed by atoms with Crippen LogP contribution in [0.15, 0.2) is 0 Å². The zero-order chi connectivity index (χ0) is 42.7. The quantitative estimate of drug-likeness (QED) is 0.0246. The number of hydrogen-bond acceptors (Lipinski definition) is 13. The van der Waals surface area contributed by atoms with Crippen LogP contribution in [0, 0.1) is 11.8 Å². The molecule has 7 amide bonds. The minimum atomic E-state index is -1.27. The van der Waals surface area contributed by atoms with Gasteiger partial charge in [0.05, 0.1) is 33.0 Å². The summed E-state index contributed by atoms with van der Waals surface area (Å²) in [4.78, 5) is 82.8. The van der Waals surface area contributed by atoms with Gasteiger partial charge in [0.1, 0.15) is 19.3 Å². The van der Waals surface area contributed by atoms with E-state index < -0.39 is 18.2 Å². The summed E-state index contributed by atoms with van der Waals surface area (Å²) in [6, 6.07) is -0.706. The molecule has 0 rings (SSSR count). The molecule has 20 heteroatoms. The van der Waals surface area contributed by atoms with E-state index in [1.807, 2.05) is 0 Å². The van der Waals surface area contributed by atoms with Crippen molar-refractivity contribution in [2.24, 2.45) is 29.0 Å². The number of aliphatic hydroxyl groups excluding tert-OH is 1. The largest absolute Gasteiger partial charge is 0.377 e. The number of hydrogen-bond donors (Lipinski definition) is 9. The summed E-state index contributed by atoms with van der Waals surface area (Å²) in [6.07, 6.45) is 5.54. The summed E-state index contributed by atoms with van der Waals surface area (Å²) >= 11 is 0. The Balaban J connectivity index is 3.68. The fourth-order valence-corrected chi connectivity index (χ4v) is 4.99. The highest BCUT2D eigenvalue weighted by Crippen LogP contribution is 2.10. The molecule has 1 unspecified atom stereocenters. The molecule has 0 aliphatic heterocycles. The maximum Gasteiger partial charge on any atom is 0.246 e. The van der Waals surface area contributed by atoms with Crippen LogP contribution in [0.25, 0.3) is 0 Å². The van der Waals surface area contributed by atoms with Gasteiger partial charge in [-0.3, -0.25) is 33.6 Å². The van der Waals surface area contributed by atoms with Gasteiger partial charge in [0, 0.05) is 50.9 Å². The zero-order valence-electron chi connectivity index (χ0n) is 33.9. The first-order chi connectivity index (χ1) is 27.3. The number of carbonyl (C=O) groups excluding carboxylic acids is 7. The molecule has 4 atom stereocenters. The van der Waals surface area contributed by atoms with E-state index in [1.165, 1.54) is 0 Å². The van der Waals surface area contributed by atoms with E-state index in [1.54, 1.807) is 13.8 Å². The van der Waals surface area contributed by atoms with Gasteiger partial charge in [-0.15, -0.1) is 0 Å². The molecular weight excluding hydrogens is 748 g/mol. The third-order valence-corrected chi connectivity index (χ3v) is 8.52. The molecule has 0 aromatic heterocycles. The van der Waals surface area contributed by atoms with Gasteiger partial charge in [-0.25, -0.2) is 0 Å². The molecule has 0 spiro atoms. The van der Waals surface area contributed by atoms with Crippen molar-refractivity contribution in [3.8, 4) is 0 Å². The summed E-state index contributed by atoms with van der Waals surface area (Å²) in [6.45, 7) is 5.31. The maximum atomic E-state index is 12.4. The second-order valence-corrected chi connectivity index (χ2v) is 13.7. The highest BCUT2D eigenvalue weighted by atomic mass is 16.6. The average molecular weight is 819 g/mol. The normalized spacial score (nSPS) is 13.1. The molecule has 0 saturated heterocycles. The number of nitrogens with two attached hydrogens (primary N) is 3. The molecule has 0 aliphatic rings. The van der Waals surface area contributed by atoms with Crippen molar-refractivity contribution in [3.63, 3.8) is 0 Å². The fraction of sp³-hybridized carbons (Fsp3) is 0.811. The Morgan fingerprint density at radius 1 is 0.561 bits per heavy atom. The maximum absolute atomic E-state index is 12.4. The van der Waals surface area contributed by atoms with E-state index in [0.717, 1.165) is 12.8 Å². The monoisotopic (exact) mass is 819 g/mol. The van der Waals surface area contributed by atoms with E-state index in [2.05, 4.69) is 26.6 Å². The van der Waals surface area contributed by atoms with Crippen molar-refractivity contribution in [2.75, 3.05) is 79.0 Å². The molecule has 0 saturated carbocycles. The van der Waals surface area contributed by atoms with E-state index in [9.17, 15) is 38.7 Å². The summed E-state index contributed by atoms with van der Waals surface area (Å²) < 4.78 is 20.9. The molecule has 0 radical (unpaired) electrons. The summed E-state index contributed by atoms with van der Waals surface area (Å²) in [7, 11) is 0. The molecule has 0 aromatic rings. The van der Waals surface area contributed by atoms with Crippen LogP contribution in [0.1, 0.15) is 90.9 Å². The lowest BCUT2D eigenvalue weighted by atomic mass is 10.0. The van der Waals surface area contributed by atoms with Crippen LogP contribution in [0.3, 0.4) is 0 Å². The smallest absolute Gasteiger partial charge is 0.246 e. The molecule has 20 nitrogen and oxygen atoms in total. The lowest BCUT2D eigenvalue weighted by Crippen LogP contribution is -2.46. The van der Waals surface area contributed by atoms with Gasteiger partial charge in [-0.1, -0.05) is 26.7 Å². The number of rotatable bonds is 38. The number of aliphatic hydroxyl groups is 1. The minimum absolute atomic E-state index is 0.0119. The Bertz CT molecular complexity index is 1170. The minimum Gasteiger partial charge on any atom is -0.377 e. The second kappa shape index (κ2) is 35.2. The van der Waals surface area contributed by atoms with E-state index in [0.29, 0.717) is 71.0 Å². The van der Waals surface area contributed by atoms with Gasteiger partial charge >= 0.3 is 0 Å². The first-order valence-corrected chi connectivity index (χ1v) is 19.9. The van der Waals surface area contributed by atoms with Crippen LogP contribution in [-0.4, -0.2) is 138 Å². The number of carbonyl (C=O) groups is 7. The number of primary amides is 2. The number of nitrogens with one attached hydrogen (secondary N) is 5. The van der Waals surface area contributed by atoms with Crippen molar-refractivity contribution < 1.29 is 57.6 Å². The first-order valence-electron chi connectivity index (χ1n) is 19.9. The van der Waals surface area contributed by atoms with Crippen molar-refractivity contribution >= 4 is 41.4 Å². The van der Waals surface area contributed by atoms with Crippen LogP contribution < -0.4 is 43.8 Å². The van der Waals surface area contributed by atoms with Crippen LogP contribution in [-0.2, 0) is 52.5 Å². The van der Waals surface area contributed by atoms with Crippen molar-refractivity contribution in [2.45, 2.75) is 103 Å². The van der Waals surface area contributed by atoms with E-state index in [4.69, 9.17) is 36.1 Å². The first kappa shape index (κ1) is 53.0. The third kappa shape index (κ3) is 32.8. The van der Waals surface area contributed by atoms with Crippen LogP contribution >= 0.6 is 0 Å². The zero-order valence-corrected chi connectivity index (χ0v) is 33.9. The van der Waals surface area contributed by atoms with Crippen molar-refractivity contribution in [3.05, 3.63) is 0 Å². The van der Waals surface area contributed by atoms with Gasteiger partial charge in [-0.05, 0) is 57.9 Å². The molecule has 0 bridgehead atoms. The highest BCUT2D eigenvalue weighted by molar-refractivity contribution is 5.87. The van der Waals surface area contributed by atoms with Crippen LogP contribution in [0.2, 0.25) is 0 Å². The molecular formula is C37H70N8O12. The molecule has 12 N–H and O–H groups in total. The number of unbranched alkanes of at least 4 members (excludes halogenated alkanes) is 3. The van der Waals surface area contributed by atoms with Gasteiger partial charge in [-0.2, -0.15) is 0 Å². The molecule has 0 aliphatic carbocycles. The Kier molecular flexibility index (Phi) is 32.8. The predicted molar refractivity (Wildman–Crippen MR) is 210 cm³/mol. The lowest BCUT2D eigenvalue weighted by molar-refractivity contribution is -0.147. The van der Waals surface area contributed by atoms with Gasteiger partial charge in [0.15, 0.2) is 6.29 Å². The Morgan fingerprint density at radius 2 is 1.09 bits per heavy atom. The van der Waals surface area contributed by atoms with Gasteiger partial charge in [0.2, 0.25) is 41.4 Å². The fourth-order valence-electron chi connectivity index (χ4n) is 4.99. The van der Waals surface area contributed by atoms with E-state index >= 15 is 0 Å². The topological polar surface area (TPSA) is 315 Å². The summed E-state index contributed by atoms with van der Waals surface area (Å²) in [5.41, 5.74) is 16.1. The average Bonchev–Trinajstić information content (AvgIpc) is 3.16. The van der Waals surface area contributed by atoms with Crippen LogP contribution in [0.5, 0.6) is 0 Å². The Morgan fingerprint density at radius 3 is 1.70 bits per heavy atom. The van der Waals surface area contributed by atoms with Crippen LogP contribution in [0.4, 0.5) is 0 Å². The third-order valence-electron chi connectivity index (χ3n) is 8.52. The molecule has 0 fully saturated rings. The number of amides is 7.